The van der Waals surface area contributed by atoms with Crippen molar-refractivity contribution >= 4 is 17.6 Å². The summed E-state index contributed by atoms with van der Waals surface area (Å²) in [7, 11) is 1.57. The smallest absolute Gasteiger partial charge is 0.319 e. The molecule has 0 unspecified atom stereocenters. The van der Waals surface area contributed by atoms with Gasteiger partial charge in [0, 0.05) is 30.9 Å². The molecule has 0 saturated carbocycles. The molecule has 0 radical (unpaired) electrons. The summed E-state index contributed by atoms with van der Waals surface area (Å²) in [5.74, 6) is 0.475. The molecule has 3 amide bonds. The molecule has 0 aromatic heterocycles. The minimum atomic E-state index is -0.344. The van der Waals surface area contributed by atoms with E-state index in [9.17, 15) is 9.59 Å². The Labute approximate surface area is 176 Å². The summed E-state index contributed by atoms with van der Waals surface area (Å²) in [6, 6.07) is 13.9. The number of hydrogen-bond acceptors (Lipinski definition) is 5. The van der Waals surface area contributed by atoms with Gasteiger partial charge in [0.25, 0.3) is 5.91 Å². The van der Waals surface area contributed by atoms with E-state index in [2.05, 4.69) is 16.0 Å². The summed E-state index contributed by atoms with van der Waals surface area (Å²) in [6.07, 6.45) is 0. The zero-order valence-electron chi connectivity index (χ0n) is 17.4. The van der Waals surface area contributed by atoms with Gasteiger partial charge >= 0.3 is 6.03 Å². The van der Waals surface area contributed by atoms with Crippen LogP contribution in [-0.4, -0.2) is 52.0 Å². The van der Waals surface area contributed by atoms with Crippen molar-refractivity contribution in [3.8, 4) is 5.75 Å². The van der Waals surface area contributed by atoms with Crippen LogP contribution in [0.3, 0.4) is 0 Å². The number of amides is 3. The Bertz CT molecular complexity index is 796. The number of methoxy groups -OCH3 is 1. The van der Waals surface area contributed by atoms with Crippen molar-refractivity contribution in [3.05, 3.63) is 59.7 Å². The molecule has 162 valence electrons. The lowest BCUT2D eigenvalue weighted by atomic mass is 10.2. The van der Waals surface area contributed by atoms with E-state index in [0.717, 1.165) is 5.56 Å². The first kappa shape index (κ1) is 23.2. The first-order chi connectivity index (χ1) is 14.6. The van der Waals surface area contributed by atoms with Crippen LogP contribution in [-0.2, 0) is 16.1 Å². The number of hydrogen-bond donors (Lipinski definition) is 3. The molecule has 0 spiro atoms. The summed E-state index contributed by atoms with van der Waals surface area (Å²) in [4.78, 5) is 24.1. The molecule has 2 aromatic rings. The van der Waals surface area contributed by atoms with Crippen molar-refractivity contribution in [2.24, 2.45) is 0 Å². The minimum Gasteiger partial charge on any atom is -0.497 e. The topological polar surface area (TPSA) is 97.9 Å². The van der Waals surface area contributed by atoms with E-state index in [4.69, 9.17) is 14.2 Å². The van der Waals surface area contributed by atoms with Crippen LogP contribution in [0.4, 0.5) is 10.5 Å². The maximum atomic E-state index is 12.1. The zero-order chi connectivity index (χ0) is 21.6. The predicted molar refractivity (Wildman–Crippen MR) is 115 cm³/mol. The van der Waals surface area contributed by atoms with Crippen molar-refractivity contribution in [1.82, 2.24) is 10.6 Å². The number of nitrogens with one attached hydrogen (secondary N) is 3. The lowest BCUT2D eigenvalue weighted by Crippen LogP contribution is -2.36. The van der Waals surface area contributed by atoms with Crippen molar-refractivity contribution in [2.45, 2.75) is 13.5 Å². The van der Waals surface area contributed by atoms with Gasteiger partial charge in [-0.1, -0.05) is 12.1 Å². The van der Waals surface area contributed by atoms with Gasteiger partial charge in [-0.25, -0.2) is 4.79 Å². The van der Waals surface area contributed by atoms with Gasteiger partial charge in [-0.3, -0.25) is 4.79 Å². The van der Waals surface area contributed by atoms with Crippen LogP contribution in [0.2, 0.25) is 0 Å². The molecule has 0 saturated heterocycles. The summed E-state index contributed by atoms with van der Waals surface area (Å²) < 4.78 is 15.8. The van der Waals surface area contributed by atoms with Crippen molar-refractivity contribution < 1.29 is 23.8 Å². The second-order valence-electron chi connectivity index (χ2n) is 6.32. The molecule has 30 heavy (non-hydrogen) atoms. The van der Waals surface area contributed by atoms with Crippen LogP contribution in [0.25, 0.3) is 0 Å². The normalized spacial score (nSPS) is 10.3. The summed E-state index contributed by atoms with van der Waals surface area (Å²) in [5, 5.41) is 8.23. The summed E-state index contributed by atoms with van der Waals surface area (Å²) in [5.41, 5.74) is 2.15. The second kappa shape index (κ2) is 13.2. The number of carbonyl (C=O) groups is 2. The maximum absolute atomic E-state index is 12.1. The van der Waals surface area contributed by atoms with Crippen LogP contribution in [0.1, 0.15) is 22.8 Å². The van der Waals surface area contributed by atoms with E-state index < -0.39 is 0 Å². The van der Waals surface area contributed by atoms with Gasteiger partial charge in [0.2, 0.25) is 0 Å². The number of anilines is 1. The molecule has 0 aliphatic rings. The summed E-state index contributed by atoms with van der Waals surface area (Å²) >= 11 is 0. The number of ether oxygens (including phenoxy) is 3. The average molecular weight is 415 g/mol. The van der Waals surface area contributed by atoms with Gasteiger partial charge in [-0.15, -0.1) is 0 Å². The lowest BCUT2D eigenvalue weighted by molar-refractivity contribution is 0.0453. The van der Waals surface area contributed by atoms with E-state index >= 15 is 0 Å². The molecule has 2 aromatic carbocycles. The molecule has 0 fully saturated rings. The molecule has 2 rings (SSSR count). The minimum absolute atomic E-state index is 0.211. The predicted octanol–water partition coefficient (Wildman–Crippen LogP) is 2.80. The van der Waals surface area contributed by atoms with Gasteiger partial charge in [-0.05, 0) is 48.9 Å². The Kier molecular flexibility index (Phi) is 10.2. The largest absolute Gasteiger partial charge is 0.497 e. The van der Waals surface area contributed by atoms with E-state index in [1.165, 1.54) is 0 Å². The maximum Gasteiger partial charge on any atom is 0.319 e. The molecule has 8 heteroatoms. The Morgan fingerprint density at radius 3 is 2.40 bits per heavy atom. The fourth-order valence-corrected chi connectivity index (χ4v) is 2.56. The van der Waals surface area contributed by atoms with E-state index in [1.807, 2.05) is 25.1 Å². The van der Waals surface area contributed by atoms with Gasteiger partial charge < -0.3 is 30.2 Å². The van der Waals surface area contributed by atoms with Crippen LogP contribution >= 0.6 is 0 Å². The van der Waals surface area contributed by atoms with Crippen LogP contribution in [0, 0.1) is 0 Å². The van der Waals surface area contributed by atoms with Gasteiger partial charge in [0.1, 0.15) is 5.75 Å². The van der Waals surface area contributed by atoms with Crippen LogP contribution in [0.5, 0.6) is 5.75 Å². The molecular formula is C22H29N3O5. The standard InChI is InChI=1S/C22H29N3O5/c1-3-29-13-14-30-16-17-5-4-6-19(15-17)25-22(27)24-12-11-23-21(26)18-7-9-20(28-2)10-8-18/h4-10,15H,3,11-14,16H2,1-2H3,(H,23,26)(H2,24,25,27). The summed E-state index contributed by atoms with van der Waals surface area (Å²) in [6.45, 7) is 4.75. The molecule has 0 aliphatic carbocycles. The van der Waals surface area contributed by atoms with E-state index in [1.54, 1.807) is 37.4 Å². The molecular weight excluding hydrogens is 386 g/mol. The van der Waals surface area contributed by atoms with E-state index in [0.29, 0.717) is 56.5 Å². The Morgan fingerprint density at radius 1 is 0.933 bits per heavy atom. The quantitative estimate of drug-likeness (QED) is 0.463. The SMILES string of the molecule is CCOCCOCc1cccc(NC(=O)NCCNC(=O)c2ccc(OC)cc2)c1. The first-order valence-electron chi connectivity index (χ1n) is 9.84. The van der Waals surface area contributed by atoms with Gasteiger partial charge in [-0.2, -0.15) is 0 Å². The average Bonchev–Trinajstić information content (AvgIpc) is 2.77. The zero-order valence-corrected chi connectivity index (χ0v) is 17.4. The monoisotopic (exact) mass is 415 g/mol. The van der Waals surface area contributed by atoms with Crippen molar-refractivity contribution in [1.29, 1.82) is 0 Å². The Morgan fingerprint density at radius 2 is 1.67 bits per heavy atom. The fourth-order valence-electron chi connectivity index (χ4n) is 2.56. The molecule has 8 nitrogen and oxygen atoms in total. The van der Waals surface area contributed by atoms with Crippen LogP contribution in [0.15, 0.2) is 48.5 Å². The third-order valence-electron chi connectivity index (χ3n) is 4.08. The Hall–Kier alpha value is -3.10. The molecule has 0 bridgehead atoms. The third-order valence-corrected chi connectivity index (χ3v) is 4.08. The van der Waals surface area contributed by atoms with Crippen LogP contribution < -0.4 is 20.7 Å². The molecule has 0 atom stereocenters. The lowest BCUT2D eigenvalue weighted by Gasteiger charge is -2.10. The third kappa shape index (κ3) is 8.50. The van der Waals surface area contributed by atoms with Crippen molar-refractivity contribution in [2.75, 3.05) is 45.3 Å². The number of carbonyl (C=O) groups excluding carboxylic acids is 2. The highest BCUT2D eigenvalue weighted by Crippen LogP contribution is 2.12. The highest BCUT2D eigenvalue weighted by atomic mass is 16.5. The second-order valence-corrected chi connectivity index (χ2v) is 6.32. The molecule has 3 N–H and O–H groups in total. The number of benzene rings is 2. The number of urea groups is 1. The highest BCUT2D eigenvalue weighted by Gasteiger charge is 2.06. The Balaban J connectivity index is 1.66. The van der Waals surface area contributed by atoms with E-state index in [-0.39, 0.29) is 11.9 Å². The van der Waals surface area contributed by atoms with Gasteiger partial charge in [0.05, 0.1) is 26.9 Å². The highest BCUT2D eigenvalue weighted by molar-refractivity contribution is 5.94. The fraction of sp³-hybridized carbons (Fsp3) is 0.364. The molecule has 0 heterocycles. The first-order valence-corrected chi connectivity index (χ1v) is 9.84. The molecule has 0 aliphatic heterocycles. The number of rotatable bonds is 12. The van der Waals surface area contributed by atoms with Gasteiger partial charge in [0.15, 0.2) is 0 Å². The van der Waals surface area contributed by atoms with Crippen molar-refractivity contribution in [3.63, 3.8) is 0 Å².